The Kier molecular flexibility index (Phi) is 6.87. The average molecular weight is 327 g/mol. The number of nitrogens with one attached hydrogen (secondary N) is 2. The van der Waals surface area contributed by atoms with E-state index in [1.807, 2.05) is 0 Å². The molecule has 0 radical (unpaired) electrons. The highest BCUT2D eigenvalue weighted by atomic mass is 35.5. The standard InChI is InChI=1S/C10H15ClN2O4S2/c11-9-6-8(7-12-10(9)15)19(16,17)13-2-5-18-4-1-3-14/h6-7,13-14H,1-5H2,(H,12,15). The highest BCUT2D eigenvalue weighted by molar-refractivity contribution is 7.99. The lowest BCUT2D eigenvalue weighted by molar-refractivity contribution is 0.296. The number of halogens is 1. The van der Waals surface area contributed by atoms with Crippen LogP contribution in [0.25, 0.3) is 0 Å². The minimum atomic E-state index is -3.66. The molecule has 0 aliphatic rings. The zero-order valence-corrected chi connectivity index (χ0v) is 12.4. The Morgan fingerprint density at radius 2 is 2.16 bits per heavy atom. The predicted octanol–water partition coefficient (Wildman–Crippen LogP) is 0.422. The molecule has 0 amide bonds. The van der Waals surface area contributed by atoms with Crippen LogP contribution in [-0.4, -0.2) is 43.2 Å². The van der Waals surface area contributed by atoms with Crippen molar-refractivity contribution in [3.8, 4) is 0 Å². The molecule has 0 bridgehead atoms. The van der Waals surface area contributed by atoms with Gasteiger partial charge in [-0.25, -0.2) is 13.1 Å². The number of aliphatic hydroxyl groups excluding tert-OH is 1. The number of sulfonamides is 1. The third-order valence-electron chi connectivity index (χ3n) is 2.13. The first kappa shape index (κ1) is 16.5. The Hall–Kier alpha value is -0.540. The van der Waals surface area contributed by atoms with Crippen molar-refractivity contribution in [1.29, 1.82) is 0 Å². The lowest BCUT2D eigenvalue weighted by Gasteiger charge is -2.06. The van der Waals surface area contributed by atoms with Crippen molar-refractivity contribution in [2.24, 2.45) is 0 Å². The van der Waals surface area contributed by atoms with Gasteiger partial charge >= 0.3 is 0 Å². The van der Waals surface area contributed by atoms with Crippen LogP contribution in [0, 0.1) is 0 Å². The summed E-state index contributed by atoms with van der Waals surface area (Å²) in [5.74, 6) is 1.39. The molecule has 6 nitrogen and oxygen atoms in total. The number of aromatic amines is 1. The molecular formula is C10H15ClN2O4S2. The topological polar surface area (TPSA) is 99.3 Å². The lowest BCUT2D eigenvalue weighted by atomic mass is 10.5. The molecule has 0 spiro atoms. The maximum absolute atomic E-state index is 11.8. The average Bonchev–Trinajstić information content (AvgIpc) is 2.36. The third-order valence-corrected chi connectivity index (χ3v) is 4.92. The quantitative estimate of drug-likeness (QED) is 0.601. The molecule has 0 saturated carbocycles. The Morgan fingerprint density at radius 3 is 2.79 bits per heavy atom. The summed E-state index contributed by atoms with van der Waals surface area (Å²) < 4.78 is 26.1. The van der Waals surface area contributed by atoms with Crippen LogP contribution >= 0.6 is 23.4 Å². The summed E-state index contributed by atoms with van der Waals surface area (Å²) in [7, 11) is -3.66. The van der Waals surface area contributed by atoms with Crippen LogP contribution in [0.5, 0.6) is 0 Å². The number of thioether (sulfide) groups is 1. The van der Waals surface area contributed by atoms with Crippen LogP contribution in [0.4, 0.5) is 0 Å². The van der Waals surface area contributed by atoms with Crippen LogP contribution in [0.2, 0.25) is 5.02 Å². The van der Waals surface area contributed by atoms with Crippen LogP contribution in [0.1, 0.15) is 6.42 Å². The summed E-state index contributed by atoms with van der Waals surface area (Å²) in [5.41, 5.74) is -0.528. The third kappa shape index (κ3) is 5.53. The maximum atomic E-state index is 11.8. The van der Waals surface area contributed by atoms with E-state index in [9.17, 15) is 13.2 Å². The predicted molar refractivity (Wildman–Crippen MR) is 76.3 cm³/mol. The molecule has 1 aromatic rings. The van der Waals surface area contributed by atoms with Crippen molar-refractivity contribution in [3.05, 3.63) is 27.6 Å². The first-order valence-corrected chi connectivity index (χ1v) is 8.55. The number of aromatic nitrogens is 1. The summed E-state index contributed by atoms with van der Waals surface area (Å²) >= 11 is 7.12. The number of rotatable bonds is 8. The number of pyridine rings is 1. The molecule has 1 rings (SSSR count). The van der Waals surface area contributed by atoms with Gasteiger partial charge in [0, 0.05) is 25.1 Å². The van der Waals surface area contributed by atoms with Gasteiger partial charge in [0.1, 0.15) is 5.02 Å². The van der Waals surface area contributed by atoms with Crippen LogP contribution in [0.3, 0.4) is 0 Å². The molecule has 0 aliphatic carbocycles. The smallest absolute Gasteiger partial charge is 0.266 e. The molecule has 0 unspecified atom stereocenters. The van der Waals surface area contributed by atoms with Gasteiger partial charge < -0.3 is 10.1 Å². The van der Waals surface area contributed by atoms with Crippen LogP contribution in [-0.2, 0) is 10.0 Å². The first-order chi connectivity index (χ1) is 8.97. The molecule has 0 saturated heterocycles. The molecule has 0 aromatic carbocycles. The van der Waals surface area contributed by atoms with Crippen molar-refractivity contribution in [3.63, 3.8) is 0 Å². The van der Waals surface area contributed by atoms with E-state index in [-0.39, 0.29) is 23.1 Å². The molecule has 0 atom stereocenters. The van der Waals surface area contributed by atoms with Crippen LogP contribution in [0.15, 0.2) is 22.0 Å². The fourth-order valence-corrected chi connectivity index (χ4v) is 3.37. The lowest BCUT2D eigenvalue weighted by Crippen LogP contribution is -2.27. The fraction of sp³-hybridized carbons (Fsp3) is 0.500. The van der Waals surface area contributed by atoms with Crippen molar-refractivity contribution in [2.45, 2.75) is 11.3 Å². The van der Waals surface area contributed by atoms with Gasteiger partial charge in [-0.1, -0.05) is 11.6 Å². The largest absolute Gasteiger partial charge is 0.396 e. The van der Waals surface area contributed by atoms with Gasteiger partial charge in [0.05, 0.1) is 4.90 Å². The second kappa shape index (κ2) is 7.91. The summed E-state index contributed by atoms with van der Waals surface area (Å²) in [6.07, 6.45) is 1.79. The van der Waals surface area contributed by atoms with Crippen molar-refractivity contribution >= 4 is 33.4 Å². The van der Waals surface area contributed by atoms with Crippen LogP contribution < -0.4 is 10.3 Å². The summed E-state index contributed by atoms with van der Waals surface area (Å²) in [6, 6.07) is 1.11. The molecule has 1 aromatic heterocycles. The Labute approximate surface area is 120 Å². The van der Waals surface area contributed by atoms with E-state index in [0.717, 1.165) is 18.0 Å². The van der Waals surface area contributed by atoms with Gasteiger partial charge in [0.2, 0.25) is 10.0 Å². The highest BCUT2D eigenvalue weighted by Gasteiger charge is 2.14. The van der Waals surface area contributed by atoms with E-state index in [0.29, 0.717) is 12.2 Å². The normalized spacial score (nSPS) is 11.7. The zero-order chi connectivity index (χ0) is 14.3. The Balaban J connectivity index is 2.51. The van der Waals surface area contributed by atoms with E-state index in [1.165, 1.54) is 0 Å². The Bertz CT molecular complexity index is 559. The van der Waals surface area contributed by atoms with E-state index < -0.39 is 15.6 Å². The van der Waals surface area contributed by atoms with Gasteiger partial charge in [-0.05, 0) is 18.2 Å². The first-order valence-electron chi connectivity index (χ1n) is 5.54. The van der Waals surface area contributed by atoms with E-state index in [4.69, 9.17) is 16.7 Å². The molecule has 0 aliphatic heterocycles. The molecular weight excluding hydrogens is 312 g/mol. The van der Waals surface area contributed by atoms with Gasteiger partial charge in [0.15, 0.2) is 0 Å². The minimum Gasteiger partial charge on any atom is -0.396 e. The van der Waals surface area contributed by atoms with Crippen molar-refractivity contribution in [2.75, 3.05) is 24.7 Å². The van der Waals surface area contributed by atoms with Gasteiger partial charge in [-0.3, -0.25) is 4.79 Å². The number of hydrogen-bond acceptors (Lipinski definition) is 5. The summed E-state index contributed by atoms with van der Waals surface area (Å²) in [6.45, 7) is 0.407. The number of aliphatic hydroxyl groups is 1. The van der Waals surface area contributed by atoms with Gasteiger partial charge in [0.25, 0.3) is 5.56 Å². The summed E-state index contributed by atoms with van der Waals surface area (Å²) in [5, 5.41) is 8.42. The highest BCUT2D eigenvalue weighted by Crippen LogP contribution is 2.10. The fourth-order valence-electron chi connectivity index (χ4n) is 1.19. The van der Waals surface area contributed by atoms with E-state index in [2.05, 4.69) is 9.71 Å². The maximum Gasteiger partial charge on any atom is 0.266 e. The number of H-pyrrole nitrogens is 1. The van der Waals surface area contributed by atoms with Gasteiger partial charge in [-0.2, -0.15) is 11.8 Å². The Morgan fingerprint density at radius 1 is 1.42 bits per heavy atom. The van der Waals surface area contributed by atoms with E-state index >= 15 is 0 Å². The summed E-state index contributed by atoms with van der Waals surface area (Å²) in [4.78, 5) is 13.2. The molecule has 3 N–H and O–H groups in total. The zero-order valence-electron chi connectivity index (χ0n) is 10.1. The molecule has 108 valence electrons. The van der Waals surface area contributed by atoms with Gasteiger partial charge in [-0.15, -0.1) is 0 Å². The number of hydrogen-bond donors (Lipinski definition) is 3. The molecule has 9 heteroatoms. The monoisotopic (exact) mass is 326 g/mol. The van der Waals surface area contributed by atoms with Crippen molar-refractivity contribution in [1.82, 2.24) is 9.71 Å². The van der Waals surface area contributed by atoms with Crippen molar-refractivity contribution < 1.29 is 13.5 Å². The molecule has 1 heterocycles. The minimum absolute atomic E-state index is 0.0718. The second-order valence-electron chi connectivity index (χ2n) is 3.60. The van der Waals surface area contributed by atoms with E-state index in [1.54, 1.807) is 11.8 Å². The second-order valence-corrected chi connectivity index (χ2v) is 7.00. The SMILES string of the molecule is O=c1[nH]cc(S(=O)(=O)NCCSCCCO)cc1Cl. The molecule has 0 fully saturated rings. The molecule has 19 heavy (non-hydrogen) atoms.